The van der Waals surface area contributed by atoms with Gasteiger partial charge in [0.05, 0.1) is 11.4 Å². The predicted molar refractivity (Wildman–Crippen MR) is 94.4 cm³/mol. The zero-order valence-electron chi connectivity index (χ0n) is 11.6. The first-order valence-electron chi connectivity index (χ1n) is 6.43. The van der Waals surface area contributed by atoms with Gasteiger partial charge in [0.15, 0.2) is 0 Å². The quantitative estimate of drug-likeness (QED) is 0.614. The molecule has 0 aliphatic heterocycles. The summed E-state index contributed by atoms with van der Waals surface area (Å²) < 4.78 is 31.4. The number of nitrogen functional groups attached to an aromatic ring is 1. The van der Waals surface area contributed by atoms with E-state index in [9.17, 15) is 8.42 Å². The Morgan fingerprint density at radius 2 is 2.04 bits per heavy atom. The molecule has 0 atom stereocenters. The van der Waals surface area contributed by atoms with E-state index in [4.69, 9.17) is 17.3 Å². The Kier molecular flexibility index (Phi) is 3.97. The van der Waals surface area contributed by atoms with Crippen molar-refractivity contribution in [1.82, 2.24) is 4.98 Å². The first kappa shape index (κ1) is 15.7. The summed E-state index contributed by atoms with van der Waals surface area (Å²) in [7, 11) is -3.84. The van der Waals surface area contributed by atoms with Gasteiger partial charge in [-0.05, 0) is 30.3 Å². The molecule has 0 saturated heterocycles. The van der Waals surface area contributed by atoms with Crippen LogP contribution in [0.25, 0.3) is 10.9 Å². The van der Waals surface area contributed by atoms with Crippen LogP contribution in [-0.2, 0) is 22.4 Å². The fraction of sp³-hybridized carbons (Fsp3) is 0. The van der Waals surface area contributed by atoms with Crippen molar-refractivity contribution in [3.8, 4) is 0 Å². The van der Waals surface area contributed by atoms with Crippen LogP contribution < -0.4 is 10.5 Å². The average Bonchev–Trinajstić information content (AvgIpc) is 2.91. The normalized spacial score (nSPS) is 11.5. The van der Waals surface area contributed by atoms with Crippen molar-refractivity contribution < 1.29 is 8.42 Å². The smallest absolute Gasteiger partial charge is 0.264 e. The number of nitrogens with two attached hydrogens (primary N) is 1. The van der Waals surface area contributed by atoms with E-state index in [-0.39, 0.29) is 16.3 Å². The molecule has 0 unspecified atom stereocenters. The second kappa shape index (κ2) is 5.80. The van der Waals surface area contributed by atoms with E-state index < -0.39 is 10.0 Å². The number of halogens is 1. The van der Waals surface area contributed by atoms with Crippen LogP contribution in [0, 0.1) is 0 Å². The SMILES string of the molecule is Nc1cccc(NS(=O)(=O)c2c[nH]c3cc(Cl)ccc23)c1N=S. The molecule has 6 nitrogen and oxygen atoms in total. The highest BCUT2D eigenvalue weighted by Crippen LogP contribution is 2.34. The highest BCUT2D eigenvalue weighted by Gasteiger charge is 2.21. The number of benzene rings is 2. The number of nitrogens with zero attached hydrogens (tertiary/aromatic N) is 1. The van der Waals surface area contributed by atoms with E-state index in [1.807, 2.05) is 0 Å². The molecule has 1 aromatic heterocycles. The van der Waals surface area contributed by atoms with E-state index in [0.29, 0.717) is 21.6 Å². The highest BCUT2D eigenvalue weighted by molar-refractivity contribution is 7.93. The third kappa shape index (κ3) is 2.88. The first-order chi connectivity index (χ1) is 10.9. The van der Waals surface area contributed by atoms with Crippen LogP contribution in [-0.4, -0.2) is 13.4 Å². The molecule has 9 heteroatoms. The number of sulfonamides is 1. The third-order valence-corrected chi connectivity index (χ3v) is 5.12. The van der Waals surface area contributed by atoms with Crippen molar-refractivity contribution >= 4 is 62.0 Å². The van der Waals surface area contributed by atoms with Crippen molar-refractivity contribution in [1.29, 1.82) is 0 Å². The molecular formula is C14H11ClN4O2S2. The maximum absolute atomic E-state index is 12.7. The topological polar surface area (TPSA) is 100 Å². The second-order valence-corrected chi connectivity index (χ2v) is 7.05. The van der Waals surface area contributed by atoms with Crippen LogP contribution in [0.5, 0.6) is 0 Å². The summed E-state index contributed by atoms with van der Waals surface area (Å²) in [5.74, 6) is 0. The molecule has 23 heavy (non-hydrogen) atoms. The number of aromatic nitrogens is 1. The van der Waals surface area contributed by atoms with E-state index in [0.717, 1.165) is 0 Å². The molecule has 0 aliphatic carbocycles. The molecule has 3 aromatic rings. The summed E-state index contributed by atoms with van der Waals surface area (Å²) in [6, 6.07) is 9.68. The minimum atomic E-state index is -3.84. The fourth-order valence-corrected chi connectivity index (χ4v) is 3.86. The van der Waals surface area contributed by atoms with Crippen LogP contribution in [0.2, 0.25) is 5.02 Å². The Bertz CT molecular complexity index is 1010. The summed E-state index contributed by atoms with van der Waals surface area (Å²) in [5.41, 5.74) is 7.12. The molecule has 4 N–H and O–H groups in total. The number of aromatic amines is 1. The number of H-pyrrole nitrogens is 1. The molecule has 1 heterocycles. The molecule has 0 fully saturated rings. The van der Waals surface area contributed by atoms with Crippen LogP contribution in [0.3, 0.4) is 0 Å². The number of fused-ring (bicyclic) bond motifs is 1. The Hall–Kier alpha value is -2.16. The molecule has 0 aliphatic rings. The van der Waals surface area contributed by atoms with Crippen molar-refractivity contribution in [3.63, 3.8) is 0 Å². The van der Waals surface area contributed by atoms with Gasteiger partial charge in [-0.2, -0.15) is 4.36 Å². The zero-order valence-corrected chi connectivity index (χ0v) is 14.0. The Morgan fingerprint density at radius 1 is 1.26 bits per heavy atom. The lowest BCUT2D eigenvalue weighted by Gasteiger charge is -2.10. The molecule has 0 spiro atoms. The lowest BCUT2D eigenvalue weighted by Crippen LogP contribution is -2.13. The standard InChI is InChI=1S/C14H11ClN4O2S2/c15-8-4-5-9-12(6-8)17-7-13(9)23(20,21)19-11-3-1-2-10(16)14(11)18-22/h1-7,17,19H,16H2. The Morgan fingerprint density at radius 3 is 2.78 bits per heavy atom. The number of rotatable bonds is 4. The molecule has 2 aromatic carbocycles. The Labute approximate surface area is 142 Å². The van der Waals surface area contributed by atoms with Gasteiger partial charge in [0.25, 0.3) is 10.0 Å². The Balaban J connectivity index is 2.08. The second-order valence-electron chi connectivity index (χ2n) is 4.78. The van der Waals surface area contributed by atoms with Crippen molar-refractivity contribution in [2.75, 3.05) is 10.5 Å². The van der Waals surface area contributed by atoms with Gasteiger partial charge in [0.2, 0.25) is 0 Å². The molecule has 0 saturated carbocycles. The molecule has 0 amide bonds. The third-order valence-electron chi connectivity index (χ3n) is 3.30. The summed E-state index contributed by atoms with van der Waals surface area (Å²) in [5, 5.41) is 1.04. The van der Waals surface area contributed by atoms with Gasteiger partial charge in [0, 0.05) is 34.5 Å². The number of anilines is 2. The van der Waals surface area contributed by atoms with Crippen LogP contribution in [0.15, 0.2) is 51.9 Å². The summed E-state index contributed by atoms with van der Waals surface area (Å²) in [6.07, 6.45) is 1.40. The zero-order chi connectivity index (χ0) is 16.6. The number of hydrogen-bond donors (Lipinski definition) is 3. The average molecular weight is 367 g/mol. The van der Waals surface area contributed by atoms with Gasteiger partial charge in [-0.15, -0.1) is 0 Å². The molecule has 3 rings (SSSR count). The van der Waals surface area contributed by atoms with Gasteiger partial charge in [-0.25, -0.2) is 8.42 Å². The largest absolute Gasteiger partial charge is 0.397 e. The minimum Gasteiger partial charge on any atom is -0.397 e. The number of nitrogens with one attached hydrogen (secondary N) is 2. The van der Waals surface area contributed by atoms with Crippen LogP contribution in [0.4, 0.5) is 17.1 Å². The highest BCUT2D eigenvalue weighted by atomic mass is 35.5. The van der Waals surface area contributed by atoms with Crippen molar-refractivity contribution in [2.24, 2.45) is 4.36 Å². The van der Waals surface area contributed by atoms with Gasteiger partial charge in [-0.3, -0.25) is 4.72 Å². The first-order valence-corrected chi connectivity index (χ1v) is 8.66. The predicted octanol–water partition coefficient (Wildman–Crippen LogP) is 3.57. The van der Waals surface area contributed by atoms with Gasteiger partial charge >= 0.3 is 0 Å². The van der Waals surface area contributed by atoms with Crippen molar-refractivity contribution in [3.05, 3.63) is 47.6 Å². The van der Waals surface area contributed by atoms with E-state index in [2.05, 4.69) is 26.5 Å². The molecular weight excluding hydrogens is 356 g/mol. The minimum absolute atomic E-state index is 0.0990. The lowest BCUT2D eigenvalue weighted by atomic mass is 10.2. The van der Waals surface area contributed by atoms with Gasteiger partial charge < -0.3 is 10.7 Å². The van der Waals surface area contributed by atoms with E-state index in [1.54, 1.807) is 36.4 Å². The van der Waals surface area contributed by atoms with E-state index in [1.165, 1.54) is 6.20 Å². The maximum atomic E-state index is 12.7. The summed E-state index contributed by atoms with van der Waals surface area (Å²) in [4.78, 5) is 2.99. The monoisotopic (exact) mass is 366 g/mol. The summed E-state index contributed by atoms with van der Waals surface area (Å²) in [6.45, 7) is 0. The molecule has 118 valence electrons. The molecule has 0 radical (unpaired) electrons. The van der Waals surface area contributed by atoms with Gasteiger partial charge in [-0.1, -0.05) is 17.7 Å². The molecule has 0 bridgehead atoms. The summed E-state index contributed by atoms with van der Waals surface area (Å²) >= 11 is 10.6. The lowest BCUT2D eigenvalue weighted by molar-refractivity contribution is 0.602. The fourth-order valence-electron chi connectivity index (χ4n) is 2.24. The maximum Gasteiger partial charge on any atom is 0.264 e. The van der Waals surface area contributed by atoms with Crippen LogP contribution in [0.1, 0.15) is 0 Å². The van der Waals surface area contributed by atoms with E-state index >= 15 is 0 Å². The van der Waals surface area contributed by atoms with Crippen LogP contribution >= 0.6 is 11.6 Å². The van der Waals surface area contributed by atoms with Crippen molar-refractivity contribution in [2.45, 2.75) is 4.90 Å². The number of hydrogen-bond acceptors (Lipinski definition) is 5. The van der Waals surface area contributed by atoms with Gasteiger partial charge in [0.1, 0.15) is 10.6 Å².